The first-order valence-corrected chi connectivity index (χ1v) is 7.14. The molecule has 2 aromatic rings. The van der Waals surface area contributed by atoms with Crippen molar-refractivity contribution in [3.8, 4) is 0 Å². The molecular formula is C16H20N4O. The molecule has 3 N–H and O–H groups in total. The molecule has 5 heteroatoms. The number of rotatable bonds is 3. The number of ether oxygens (including phenoxy) is 1. The maximum atomic E-state index is 5.72. The van der Waals surface area contributed by atoms with Gasteiger partial charge in [0, 0.05) is 24.5 Å². The number of nitrogens with zero attached hydrogens (tertiary/aromatic N) is 2. The number of anilines is 4. The molecule has 21 heavy (non-hydrogen) atoms. The standard InChI is InChI=1S/C16H20N4O/c1-12-10-13(17)11-18-16(12)19-14-2-4-15(5-3-14)20-6-8-21-9-7-20/h2-5,10-11H,6-9,17H2,1H3,(H,18,19). The number of hydrogen-bond donors (Lipinski definition) is 2. The second-order valence-electron chi connectivity index (χ2n) is 5.21. The molecule has 0 radical (unpaired) electrons. The lowest BCUT2D eigenvalue weighted by Gasteiger charge is -2.28. The van der Waals surface area contributed by atoms with Crippen LogP contribution in [0, 0.1) is 6.92 Å². The van der Waals surface area contributed by atoms with Gasteiger partial charge in [-0.2, -0.15) is 0 Å². The van der Waals surface area contributed by atoms with E-state index >= 15 is 0 Å². The molecule has 0 atom stereocenters. The summed E-state index contributed by atoms with van der Waals surface area (Å²) in [6.07, 6.45) is 1.66. The Balaban J connectivity index is 1.71. The van der Waals surface area contributed by atoms with E-state index in [2.05, 4.69) is 39.5 Å². The summed E-state index contributed by atoms with van der Waals surface area (Å²) in [7, 11) is 0. The molecule has 0 bridgehead atoms. The van der Waals surface area contributed by atoms with E-state index in [9.17, 15) is 0 Å². The highest BCUT2D eigenvalue weighted by Gasteiger charge is 2.10. The summed E-state index contributed by atoms with van der Waals surface area (Å²) >= 11 is 0. The number of pyridine rings is 1. The fourth-order valence-electron chi connectivity index (χ4n) is 2.44. The molecule has 5 nitrogen and oxygen atoms in total. The molecule has 1 aromatic carbocycles. The number of benzene rings is 1. The molecule has 110 valence electrons. The van der Waals surface area contributed by atoms with Gasteiger partial charge in [0.1, 0.15) is 5.82 Å². The zero-order valence-corrected chi connectivity index (χ0v) is 12.2. The van der Waals surface area contributed by atoms with Crippen LogP contribution in [0.25, 0.3) is 0 Å². The van der Waals surface area contributed by atoms with Gasteiger partial charge in [0.2, 0.25) is 0 Å². The molecule has 0 unspecified atom stereocenters. The highest BCUT2D eigenvalue weighted by Crippen LogP contribution is 2.23. The van der Waals surface area contributed by atoms with E-state index in [1.54, 1.807) is 6.20 Å². The first-order chi connectivity index (χ1) is 10.2. The van der Waals surface area contributed by atoms with Crippen LogP contribution >= 0.6 is 0 Å². The van der Waals surface area contributed by atoms with Crippen molar-refractivity contribution in [2.75, 3.05) is 42.3 Å². The van der Waals surface area contributed by atoms with Gasteiger partial charge in [0.15, 0.2) is 0 Å². The smallest absolute Gasteiger partial charge is 0.133 e. The Morgan fingerprint density at radius 3 is 2.57 bits per heavy atom. The fraction of sp³-hybridized carbons (Fsp3) is 0.312. The number of morpholine rings is 1. The topological polar surface area (TPSA) is 63.4 Å². The Morgan fingerprint density at radius 1 is 1.19 bits per heavy atom. The first-order valence-electron chi connectivity index (χ1n) is 7.14. The Kier molecular flexibility index (Phi) is 3.92. The number of aryl methyl sites for hydroxylation is 1. The molecule has 1 fully saturated rings. The van der Waals surface area contributed by atoms with Crippen molar-refractivity contribution in [3.05, 3.63) is 42.1 Å². The highest BCUT2D eigenvalue weighted by molar-refractivity contribution is 5.63. The Hall–Kier alpha value is -2.27. The molecule has 0 amide bonds. The van der Waals surface area contributed by atoms with E-state index in [-0.39, 0.29) is 0 Å². The van der Waals surface area contributed by atoms with Gasteiger partial charge in [0.25, 0.3) is 0 Å². The minimum atomic E-state index is 0.681. The Bertz CT molecular complexity index is 606. The average Bonchev–Trinajstić information content (AvgIpc) is 2.52. The van der Waals surface area contributed by atoms with Gasteiger partial charge < -0.3 is 20.7 Å². The van der Waals surface area contributed by atoms with E-state index in [0.29, 0.717) is 5.69 Å². The van der Waals surface area contributed by atoms with Crippen LogP contribution in [0.5, 0.6) is 0 Å². The Labute approximate surface area is 124 Å². The molecule has 2 heterocycles. The zero-order valence-electron chi connectivity index (χ0n) is 12.2. The number of aromatic nitrogens is 1. The van der Waals surface area contributed by atoms with Crippen LogP contribution < -0.4 is 16.0 Å². The summed E-state index contributed by atoms with van der Waals surface area (Å²) < 4.78 is 5.37. The van der Waals surface area contributed by atoms with Crippen molar-refractivity contribution >= 4 is 22.9 Å². The number of nitrogen functional groups attached to an aromatic ring is 1. The van der Waals surface area contributed by atoms with Crippen molar-refractivity contribution < 1.29 is 4.74 Å². The first kappa shape index (κ1) is 13.7. The van der Waals surface area contributed by atoms with Crippen LogP contribution in [0.1, 0.15) is 5.56 Å². The molecule has 1 aromatic heterocycles. The molecule has 3 rings (SSSR count). The van der Waals surface area contributed by atoms with Gasteiger partial charge >= 0.3 is 0 Å². The van der Waals surface area contributed by atoms with Crippen LogP contribution in [0.2, 0.25) is 0 Å². The van der Waals surface area contributed by atoms with Gasteiger partial charge in [-0.05, 0) is 42.8 Å². The monoisotopic (exact) mass is 284 g/mol. The van der Waals surface area contributed by atoms with Crippen LogP contribution in [0.15, 0.2) is 36.5 Å². The highest BCUT2D eigenvalue weighted by atomic mass is 16.5. The van der Waals surface area contributed by atoms with Crippen molar-refractivity contribution in [1.82, 2.24) is 4.98 Å². The van der Waals surface area contributed by atoms with Crippen LogP contribution in [0.3, 0.4) is 0 Å². The predicted molar refractivity (Wildman–Crippen MR) is 86.1 cm³/mol. The lowest BCUT2D eigenvalue weighted by molar-refractivity contribution is 0.122. The minimum absolute atomic E-state index is 0.681. The lowest BCUT2D eigenvalue weighted by atomic mass is 10.2. The summed E-state index contributed by atoms with van der Waals surface area (Å²) in [5, 5.41) is 3.32. The van der Waals surface area contributed by atoms with Gasteiger partial charge in [-0.15, -0.1) is 0 Å². The lowest BCUT2D eigenvalue weighted by Crippen LogP contribution is -2.36. The second kappa shape index (κ2) is 6.01. The SMILES string of the molecule is Cc1cc(N)cnc1Nc1ccc(N2CCOCC2)cc1. The summed E-state index contributed by atoms with van der Waals surface area (Å²) in [4.78, 5) is 6.66. The van der Waals surface area contributed by atoms with Crippen LogP contribution in [-0.4, -0.2) is 31.3 Å². The maximum absolute atomic E-state index is 5.72. The van der Waals surface area contributed by atoms with Crippen LogP contribution in [0.4, 0.5) is 22.9 Å². The largest absolute Gasteiger partial charge is 0.397 e. The van der Waals surface area contributed by atoms with Gasteiger partial charge in [-0.1, -0.05) is 0 Å². The quantitative estimate of drug-likeness (QED) is 0.907. The summed E-state index contributed by atoms with van der Waals surface area (Å²) in [5.41, 5.74) is 9.68. The van der Waals surface area contributed by atoms with Gasteiger partial charge in [0.05, 0.1) is 25.1 Å². The van der Waals surface area contributed by atoms with Crippen molar-refractivity contribution in [3.63, 3.8) is 0 Å². The van der Waals surface area contributed by atoms with E-state index in [0.717, 1.165) is 43.4 Å². The van der Waals surface area contributed by atoms with Crippen molar-refractivity contribution in [2.24, 2.45) is 0 Å². The van der Waals surface area contributed by atoms with Crippen LogP contribution in [-0.2, 0) is 4.74 Å². The summed E-state index contributed by atoms with van der Waals surface area (Å²) in [6.45, 7) is 5.49. The number of hydrogen-bond acceptors (Lipinski definition) is 5. The molecule has 1 aliphatic rings. The third kappa shape index (κ3) is 3.25. The van der Waals surface area contributed by atoms with E-state index in [4.69, 9.17) is 10.5 Å². The zero-order chi connectivity index (χ0) is 14.7. The van der Waals surface area contributed by atoms with E-state index in [1.165, 1.54) is 5.69 Å². The average molecular weight is 284 g/mol. The van der Waals surface area contributed by atoms with E-state index in [1.807, 2.05) is 13.0 Å². The summed E-state index contributed by atoms with van der Waals surface area (Å²) in [5.74, 6) is 0.836. The second-order valence-corrected chi connectivity index (χ2v) is 5.21. The molecular weight excluding hydrogens is 264 g/mol. The van der Waals surface area contributed by atoms with Gasteiger partial charge in [-0.25, -0.2) is 4.98 Å². The maximum Gasteiger partial charge on any atom is 0.133 e. The predicted octanol–water partition coefficient (Wildman–Crippen LogP) is 2.55. The Morgan fingerprint density at radius 2 is 1.90 bits per heavy atom. The molecule has 1 aliphatic heterocycles. The normalized spacial score (nSPS) is 15.0. The van der Waals surface area contributed by atoms with Gasteiger partial charge in [-0.3, -0.25) is 0 Å². The third-order valence-electron chi connectivity index (χ3n) is 3.61. The minimum Gasteiger partial charge on any atom is -0.397 e. The number of nitrogens with two attached hydrogens (primary N) is 1. The van der Waals surface area contributed by atoms with Crippen molar-refractivity contribution in [1.29, 1.82) is 0 Å². The number of nitrogens with one attached hydrogen (secondary N) is 1. The molecule has 0 spiro atoms. The fourth-order valence-corrected chi connectivity index (χ4v) is 2.44. The molecule has 1 saturated heterocycles. The third-order valence-corrected chi connectivity index (χ3v) is 3.61. The molecule has 0 saturated carbocycles. The van der Waals surface area contributed by atoms with Crippen molar-refractivity contribution in [2.45, 2.75) is 6.92 Å². The molecule has 0 aliphatic carbocycles. The summed E-state index contributed by atoms with van der Waals surface area (Å²) in [6, 6.07) is 10.3. The van der Waals surface area contributed by atoms with E-state index < -0.39 is 0 Å².